The van der Waals surface area contributed by atoms with Crippen LogP contribution in [0, 0.1) is 0 Å². The zero-order valence-electron chi connectivity index (χ0n) is 9.78. The van der Waals surface area contributed by atoms with Crippen LogP contribution >= 0.6 is 11.3 Å². The van der Waals surface area contributed by atoms with Crippen molar-refractivity contribution in [1.82, 2.24) is 0 Å². The van der Waals surface area contributed by atoms with Crippen LogP contribution in [0.4, 0.5) is 5.00 Å². The number of hydrogen-bond donors (Lipinski definition) is 2. The van der Waals surface area contributed by atoms with E-state index in [1.807, 2.05) is 6.92 Å². The predicted molar refractivity (Wildman–Crippen MR) is 65.8 cm³/mol. The van der Waals surface area contributed by atoms with Crippen molar-refractivity contribution >= 4 is 28.2 Å². The highest BCUT2D eigenvalue weighted by atomic mass is 32.1. The summed E-state index contributed by atoms with van der Waals surface area (Å²) < 4.78 is 4.95. The number of carbonyl (C=O) groups excluding carboxylic acids is 1. The Labute approximate surface area is 103 Å². The van der Waals surface area contributed by atoms with Crippen molar-refractivity contribution in [2.75, 3.05) is 18.5 Å². The van der Waals surface area contributed by atoms with Crippen LogP contribution in [0.5, 0.6) is 0 Å². The highest BCUT2D eigenvalue weighted by Gasteiger charge is 2.15. The zero-order valence-corrected chi connectivity index (χ0v) is 10.6. The second-order valence-electron chi connectivity index (χ2n) is 3.31. The monoisotopic (exact) mass is 257 g/mol. The minimum Gasteiger partial charge on any atom is -0.477 e. The Morgan fingerprint density at radius 3 is 2.65 bits per heavy atom. The number of carbonyl (C=O) groups is 2. The van der Waals surface area contributed by atoms with E-state index >= 15 is 0 Å². The van der Waals surface area contributed by atoms with E-state index in [0.717, 1.165) is 16.9 Å². The van der Waals surface area contributed by atoms with Crippen molar-refractivity contribution in [1.29, 1.82) is 0 Å². The zero-order chi connectivity index (χ0) is 12.8. The average Bonchev–Trinajstić information content (AvgIpc) is 2.69. The largest absolute Gasteiger partial charge is 0.477 e. The maximum atomic E-state index is 11.4. The SMILES string of the molecule is CCOCC(=O)Nc1cc(CC)c(C(=O)O)s1. The van der Waals surface area contributed by atoms with Gasteiger partial charge < -0.3 is 15.2 Å². The molecule has 6 heteroatoms. The van der Waals surface area contributed by atoms with Crippen LogP contribution in [0.25, 0.3) is 0 Å². The Hall–Kier alpha value is -1.40. The lowest BCUT2D eigenvalue weighted by molar-refractivity contribution is -0.120. The van der Waals surface area contributed by atoms with Crippen LogP contribution in [0.1, 0.15) is 29.1 Å². The van der Waals surface area contributed by atoms with Crippen molar-refractivity contribution in [2.45, 2.75) is 20.3 Å². The molecule has 94 valence electrons. The number of carboxylic acids is 1. The molecule has 0 saturated carbocycles. The fourth-order valence-electron chi connectivity index (χ4n) is 1.30. The Kier molecular flexibility index (Phi) is 5.11. The molecule has 0 atom stereocenters. The normalized spacial score (nSPS) is 10.2. The second kappa shape index (κ2) is 6.36. The molecule has 1 heterocycles. The number of aromatic carboxylic acids is 1. The van der Waals surface area contributed by atoms with Gasteiger partial charge >= 0.3 is 5.97 Å². The number of rotatable bonds is 6. The first-order chi connectivity index (χ1) is 8.08. The topological polar surface area (TPSA) is 75.6 Å². The molecule has 0 unspecified atom stereocenters. The maximum absolute atomic E-state index is 11.4. The number of aryl methyl sites for hydroxylation is 1. The Balaban J connectivity index is 2.72. The molecule has 1 amide bonds. The highest BCUT2D eigenvalue weighted by molar-refractivity contribution is 7.18. The van der Waals surface area contributed by atoms with E-state index in [-0.39, 0.29) is 17.4 Å². The van der Waals surface area contributed by atoms with Gasteiger partial charge in [0.1, 0.15) is 11.5 Å². The molecule has 0 aromatic carbocycles. The molecule has 2 N–H and O–H groups in total. The molecular formula is C11H15NO4S. The van der Waals surface area contributed by atoms with Crippen molar-refractivity contribution in [3.05, 3.63) is 16.5 Å². The van der Waals surface area contributed by atoms with Crippen LogP contribution in [0.3, 0.4) is 0 Å². The van der Waals surface area contributed by atoms with Gasteiger partial charge in [0, 0.05) is 6.61 Å². The number of thiophene rings is 1. The van der Waals surface area contributed by atoms with E-state index in [9.17, 15) is 9.59 Å². The number of amides is 1. The molecule has 0 aliphatic heterocycles. The molecule has 0 aliphatic carbocycles. The first-order valence-corrected chi connectivity index (χ1v) is 6.13. The molecule has 0 fully saturated rings. The Morgan fingerprint density at radius 1 is 1.47 bits per heavy atom. The van der Waals surface area contributed by atoms with Gasteiger partial charge in [-0.1, -0.05) is 6.92 Å². The summed E-state index contributed by atoms with van der Waals surface area (Å²) in [5, 5.41) is 12.1. The van der Waals surface area contributed by atoms with Gasteiger partial charge in [0.25, 0.3) is 5.91 Å². The molecule has 0 bridgehead atoms. The summed E-state index contributed by atoms with van der Waals surface area (Å²) in [7, 11) is 0. The van der Waals surface area contributed by atoms with Gasteiger partial charge in [-0.25, -0.2) is 4.79 Å². The van der Waals surface area contributed by atoms with Crippen molar-refractivity contribution in [3.8, 4) is 0 Å². The summed E-state index contributed by atoms with van der Waals surface area (Å²) in [5.41, 5.74) is 0.731. The maximum Gasteiger partial charge on any atom is 0.346 e. The molecule has 1 aromatic heterocycles. The van der Waals surface area contributed by atoms with Crippen LogP contribution in [0.15, 0.2) is 6.07 Å². The summed E-state index contributed by atoms with van der Waals surface area (Å²) in [5.74, 6) is -1.23. The lowest BCUT2D eigenvalue weighted by Gasteiger charge is -2.01. The van der Waals surface area contributed by atoms with Crippen LogP contribution in [0.2, 0.25) is 0 Å². The van der Waals surface area contributed by atoms with Crippen molar-refractivity contribution < 1.29 is 19.4 Å². The standard InChI is InChI=1S/C11H15NO4S/c1-3-7-5-9(17-10(7)11(14)15)12-8(13)6-16-4-2/h5H,3-4,6H2,1-2H3,(H,12,13)(H,14,15). The van der Waals surface area contributed by atoms with E-state index in [1.54, 1.807) is 13.0 Å². The summed E-state index contributed by atoms with van der Waals surface area (Å²) in [6, 6.07) is 1.69. The number of carboxylic acid groups (broad SMARTS) is 1. The first kappa shape index (κ1) is 13.7. The van der Waals surface area contributed by atoms with E-state index in [0.29, 0.717) is 18.0 Å². The molecule has 0 saturated heterocycles. The molecule has 1 rings (SSSR count). The number of anilines is 1. The highest BCUT2D eigenvalue weighted by Crippen LogP contribution is 2.27. The van der Waals surface area contributed by atoms with Crippen LogP contribution < -0.4 is 5.32 Å². The third kappa shape index (κ3) is 3.83. The Morgan fingerprint density at radius 2 is 2.18 bits per heavy atom. The van der Waals surface area contributed by atoms with E-state index < -0.39 is 5.97 Å². The fraction of sp³-hybridized carbons (Fsp3) is 0.455. The summed E-state index contributed by atoms with van der Waals surface area (Å²) >= 11 is 1.07. The molecular weight excluding hydrogens is 242 g/mol. The summed E-state index contributed by atoms with van der Waals surface area (Å²) in [6.45, 7) is 4.13. The average molecular weight is 257 g/mol. The quantitative estimate of drug-likeness (QED) is 0.817. The number of hydrogen-bond acceptors (Lipinski definition) is 4. The van der Waals surface area contributed by atoms with Crippen LogP contribution in [-0.4, -0.2) is 30.2 Å². The fourth-order valence-corrected chi connectivity index (χ4v) is 2.31. The van der Waals surface area contributed by atoms with Crippen molar-refractivity contribution in [2.24, 2.45) is 0 Å². The van der Waals surface area contributed by atoms with Gasteiger partial charge in [0.15, 0.2) is 0 Å². The second-order valence-corrected chi connectivity index (χ2v) is 4.36. The van der Waals surface area contributed by atoms with E-state index in [4.69, 9.17) is 9.84 Å². The third-order valence-electron chi connectivity index (χ3n) is 2.08. The van der Waals surface area contributed by atoms with Gasteiger partial charge in [0.05, 0.1) is 5.00 Å². The van der Waals surface area contributed by atoms with Gasteiger partial charge in [-0.05, 0) is 25.0 Å². The summed E-state index contributed by atoms with van der Waals surface area (Å²) in [4.78, 5) is 22.6. The summed E-state index contributed by atoms with van der Waals surface area (Å²) in [6.07, 6.45) is 0.624. The first-order valence-electron chi connectivity index (χ1n) is 5.32. The molecule has 0 radical (unpaired) electrons. The minimum absolute atomic E-state index is 0.0156. The van der Waals surface area contributed by atoms with E-state index in [2.05, 4.69) is 5.32 Å². The van der Waals surface area contributed by atoms with Gasteiger partial charge in [0.2, 0.25) is 0 Å². The van der Waals surface area contributed by atoms with Crippen molar-refractivity contribution in [3.63, 3.8) is 0 Å². The molecule has 0 aliphatic rings. The molecule has 17 heavy (non-hydrogen) atoms. The predicted octanol–water partition coefficient (Wildman–Crippen LogP) is 1.98. The molecule has 1 aromatic rings. The minimum atomic E-state index is -0.961. The molecule has 0 spiro atoms. The molecule has 5 nitrogen and oxygen atoms in total. The van der Waals surface area contributed by atoms with Gasteiger partial charge in [-0.3, -0.25) is 4.79 Å². The lowest BCUT2D eigenvalue weighted by Crippen LogP contribution is -2.17. The Bertz CT molecular complexity index is 414. The van der Waals surface area contributed by atoms with Gasteiger partial charge in [-0.2, -0.15) is 0 Å². The number of nitrogens with one attached hydrogen (secondary N) is 1. The van der Waals surface area contributed by atoms with Crippen LogP contribution in [-0.2, 0) is 16.0 Å². The lowest BCUT2D eigenvalue weighted by atomic mass is 10.2. The van der Waals surface area contributed by atoms with E-state index in [1.165, 1.54) is 0 Å². The van der Waals surface area contributed by atoms with Gasteiger partial charge in [-0.15, -0.1) is 11.3 Å². The third-order valence-corrected chi connectivity index (χ3v) is 3.16. The number of ether oxygens (including phenoxy) is 1. The smallest absolute Gasteiger partial charge is 0.346 e.